The van der Waals surface area contributed by atoms with Gasteiger partial charge in [-0.15, -0.1) is 0 Å². The molecule has 1 nitrogen and oxygen atoms in total. The number of hydrogen-bond acceptors (Lipinski definition) is 0. The SMILES string of the molecule is CC(C)(C)c1cc(-c2ccc[nH]2)cc(C(C)(C)C)c1. The maximum absolute atomic E-state index is 3.31. The predicted octanol–water partition coefficient (Wildman–Crippen LogP) is 5.28. The normalized spacial score (nSPS) is 12.7. The van der Waals surface area contributed by atoms with E-state index in [4.69, 9.17) is 0 Å². The molecule has 2 aromatic rings. The molecular formula is C18H25N. The number of aromatic amines is 1. The lowest BCUT2D eigenvalue weighted by atomic mass is 9.79. The van der Waals surface area contributed by atoms with Crippen LogP contribution in [0.2, 0.25) is 0 Å². The summed E-state index contributed by atoms with van der Waals surface area (Å²) in [7, 11) is 0. The van der Waals surface area contributed by atoms with Crippen molar-refractivity contribution in [3.8, 4) is 11.3 Å². The summed E-state index contributed by atoms with van der Waals surface area (Å²) in [6.45, 7) is 13.6. The molecule has 1 N–H and O–H groups in total. The van der Waals surface area contributed by atoms with E-state index in [0.29, 0.717) is 0 Å². The Morgan fingerprint density at radius 1 is 0.789 bits per heavy atom. The van der Waals surface area contributed by atoms with Crippen molar-refractivity contribution < 1.29 is 0 Å². The maximum Gasteiger partial charge on any atom is 0.0454 e. The highest BCUT2D eigenvalue weighted by Gasteiger charge is 2.20. The summed E-state index contributed by atoms with van der Waals surface area (Å²) in [5.74, 6) is 0. The first kappa shape index (κ1) is 13.9. The van der Waals surface area contributed by atoms with Crippen LogP contribution in [0.5, 0.6) is 0 Å². The van der Waals surface area contributed by atoms with Gasteiger partial charge in [0.15, 0.2) is 0 Å². The summed E-state index contributed by atoms with van der Waals surface area (Å²) < 4.78 is 0. The molecule has 19 heavy (non-hydrogen) atoms. The second-order valence-corrected chi connectivity index (χ2v) is 7.38. The fourth-order valence-electron chi connectivity index (χ4n) is 2.16. The zero-order valence-electron chi connectivity index (χ0n) is 13.0. The third-order valence-corrected chi connectivity index (χ3v) is 3.57. The van der Waals surface area contributed by atoms with Crippen LogP contribution in [-0.4, -0.2) is 4.98 Å². The van der Waals surface area contributed by atoms with Crippen LogP contribution in [0.15, 0.2) is 36.5 Å². The number of H-pyrrole nitrogens is 1. The molecule has 0 unspecified atom stereocenters. The van der Waals surface area contributed by atoms with Gasteiger partial charge < -0.3 is 4.98 Å². The molecule has 0 spiro atoms. The Balaban J connectivity index is 2.62. The van der Waals surface area contributed by atoms with Gasteiger partial charge in [-0.05, 0) is 51.8 Å². The first-order valence-electron chi connectivity index (χ1n) is 6.98. The Morgan fingerprint density at radius 3 is 1.68 bits per heavy atom. The first-order chi connectivity index (χ1) is 8.68. The molecule has 0 atom stereocenters. The molecule has 0 bridgehead atoms. The average molecular weight is 255 g/mol. The van der Waals surface area contributed by atoms with Gasteiger partial charge >= 0.3 is 0 Å². The van der Waals surface area contributed by atoms with Gasteiger partial charge in [-0.1, -0.05) is 47.6 Å². The standard InChI is InChI=1S/C18H25N/c1-17(2,3)14-10-13(16-8-7-9-19-16)11-15(12-14)18(4,5)6/h7-12,19H,1-6H3. The zero-order valence-corrected chi connectivity index (χ0v) is 13.0. The van der Waals surface area contributed by atoms with E-state index in [1.165, 1.54) is 22.4 Å². The first-order valence-corrected chi connectivity index (χ1v) is 6.98. The van der Waals surface area contributed by atoms with Crippen molar-refractivity contribution in [3.05, 3.63) is 47.7 Å². The number of nitrogens with one attached hydrogen (secondary N) is 1. The molecule has 0 saturated heterocycles. The van der Waals surface area contributed by atoms with Crippen LogP contribution in [0.4, 0.5) is 0 Å². The number of benzene rings is 1. The smallest absolute Gasteiger partial charge is 0.0454 e. The Hall–Kier alpha value is -1.50. The predicted molar refractivity (Wildman–Crippen MR) is 83.6 cm³/mol. The van der Waals surface area contributed by atoms with E-state index in [9.17, 15) is 0 Å². The van der Waals surface area contributed by atoms with Crippen LogP contribution in [0.25, 0.3) is 11.3 Å². The lowest BCUT2D eigenvalue weighted by molar-refractivity contribution is 0.569. The zero-order chi connectivity index (χ0) is 14.3. The van der Waals surface area contributed by atoms with E-state index in [2.05, 4.69) is 76.9 Å². The van der Waals surface area contributed by atoms with Crippen LogP contribution in [0.1, 0.15) is 52.7 Å². The van der Waals surface area contributed by atoms with Gasteiger partial charge in [-0.3, -0.25) is 0 Å². The van der Waals surface area contributed by atoms with E-state index in [1.807, 2.05) is 6.20 Å². The van der Waals surface area contributed by atoms with E-state index in [-0.39, 0.29) is 10.8 Å². The quantitative estimate of drug-likeness (QED) is 0.714. The third kappa shape index (κ3) is 3.09. The lowest BCUT2D eigenvalue weighted by Gasteiger charge is -2.26. The Morgan fingerprint density at radius 2 is 1.32 bits per heavy atom. The van der Waals surface area contributed by atoms with Crippen molar-refractivity contribution >= 4 is 0 Å². The summed E-state index contributed by atoms with van der Waals surface area (Å²) in [5, 5.41) is 0. The van der Waals surface area contributed by atoms with Crippen molar-refractivity contribution in [1.82, 2.24) is 4.98 Å². The van der Waals surface area contributed by atoms with Crippen LogP contribution >= 0.6 is 0 Å². The van der Waals surface area contributed by atoms with Gasteiger partial charge in [0.05, 0.1) is 0 Å². The highest BCUT2D eigenvalue weighted by molar-refractivity contribution is 5.62. The Labute approximate surface area is 117 Å². The minimum atomic E-state index is 0.169. The molecule has 0 aliphatic carbocycles. The van der Waals surface area contributed by atoms with Crippen molar-refractivity contribution in [3.63, 3.8) is 0 Å². The van der Waals surface area contributed by atoms with Crippen molar-refractivity contribution in [2.24, 2.45) is 0 Å². The van der Waals surface area contributed by atoms with Crippen molar-refractivity contribution in [2.45, 2.75) is 52.4 Å². The van der Waals surface area contributed by atoms with E-state index < -0.39 is 0 Å². The maximum atomic E-state index is 3.31. The lowest BCUT2D eigenvalue weighted by Crippen LogP contribution is -2.16. The fourth-order valence-corrected chi connectivity index (χ4v) is 2.16. The van der Waals surface area contributed by atoms with Gasteiger partial charge in [-0.2, -0.15) is 0 Å². The third-order valence-electron chi connectivity index (χ3n) is 3.57. The molecule has 0 aliphatic heterocycles. The monoisotopic (exact) mass is 255 g/mol. The minimum Gasteiger partial charge on any atom is -0.361 e. The van der Waals surface area contributed by atoms with Crippen LogP contribution in [-0.2, 0) is 10.8 Å². The summed E-state index contributed by atoms with van der Waals surface area (Å²) in [5.41, 5.74) is 5.60. The van der Waals surface area contributed by atoms with E-state index >= 15 is 0 Å². The highest BCUT2D eigenvalue weighted by Crippen LogP contribution is 2.33. The number of hydrogen-bond donors (Lipinski definition) is 1. The van der Waals surface area contributed by atoms with Gasteiger partial charge in [0, 0.05) is 11.9 Å². The van der Waals surface area contributed by atoms with Crippen molar-refractivity contribution in [2.75, 3.05) is 0 Å². The van der Waals surface area contributed by atoms with E-state index in [1.54, 1.807) is 0 Å². The van der Waals surface area contributed by atoms with E-state index in [0.717, 1.165) is 0 Å². The summed E-state index contributed by atoms with van der Waals surface area (Å²) >= 11 is 0. The van der Waals surface area contributed by atoms with Gasteiger partial charge in [0.25, 0.3) is 0 Å². The molecule has 0 amide bonds. The largest absolute Gasteiger partial charge is 0.361 e. The molecule has 0 saturated carbocycles. The molecular weight excluding hydrogens is 230 g/mol. The Kier molecular flexibility index (Phi) is 3.34. The fraction of sp³-hybridized carbons (Fsp3) is 0.444. The van der Waals surface area contributed by atoms with Crippen LogP contribution in [0, 0.1) is 0 Å². The second kappa shape index (κ2) is 4.56. The summed E-state index contributed by atoms with van der Waals surface area (Å²) in [4.78, 5) is 3.31. The van der Waals surface area contributed by atoms with Crippen molar-refractivity contribution in [1.29, 1.82) is 0 Å². The summed E-state index contributed by atoms with van der Waals surface area (Å²) in [6.07, 6.45) is 1.98. The molecule has 0 fully saturated rings. The number of aromatic nitrogens is 1. The van der Waals surface area contributed by atoms with Crippen LogP contribution < -0.4 is 0 Å². The molecule has 1 aromatic heterocycles. The number of rotatable bonds is 1. The average Bonchev–Trinajstić information content (AvgIpc) is 2.79. The molecule has 0 aliphatic rings. The molecule has 1 aromatic carbocycles. The minimum absolute atomic E-state index is 0.169. The second-order valence-electron chi connectivity index (χ2n) is 7.38. The van der Waals surface area contributed by atoms with Gasteiger partial charge in [0.1, 0.15) is 0 Å². The van der Waals surface area contributed by atoms with Gasteiger partial charge in [0.2, 0.25) is 0 Å². The molecule has 2 rings (SSSR count). The topological polar surface area (TPSA) is 15.8 Å². The molecule has 1 heteroatoms. The molecule has 1 heterocycles. The highest BCUT2D eigenvalue weighted by atomic mass is 14.7. The molecule has 102 valence electrons. The Bertz CT molecular complexity index is 516. The van der Waals surface area contributed by atoms with Crippen LogP contribution in [0.3, 0.4) is 0 Å². The molecule has 0 radical (unpaired) electrons. The van der Waals surface area contributed by atoms with Gasteiger partial charge in [-0.25, -0.2) is 0 Å². The summed E-state index contributed by atoms with van der Waals surface area (Å²) in [6, 6.07) is 11.2.